The Labute approximate surface area is 97.2 Å². The summed E-state index contributed by atoms with van der Waals surface area (Å²) in [6.07, 6.45) is 3.30. The summed E-state index contributed by atoms with van der Waals surface area (Å²) >= 11 is 0. The number of aromatic nitrogens is 3. The Morgan fingerprint density at radius 3 is 3.00 bits per heavy atom. The number of nitriles is 1. The number of hydrogen-bond acceptors (Lipinski definition) is 5. The molecule has 1 N–H and O–H groups in total. The van der Waals surface area contributed by atoms with Crippen LogP contribution in [-0.4, -0.2) is 22.0 Å². The van der Waals surface area contributed by atoms with Crippen LogP contribution in [0.4, 0.5) is 11.5 Å². The number of nitrogens with one attached hydrogen (secondary N) is 1. The molecule has 0 amide bonds. The highest BCUT2D eigenvalue weighted by atomic mass is 16.1. The minimum Gasteiger partial charge on any atom is -0.328 e. The van der Waals surface area contributed by atoms with E-state index in [1.165, 1.54) is 6.07 Å². The first kappa shape index (κ1) is 10.8. The summed E-state index contributed by atoms with van der Waals surface area (Å²) < 4.78 is 0. The molecule has 0 aliphatic rings. The fraction of sp³-hybridized carbons (Fsp3) is 0.0909. The van der Waals surface area contributed by atoms with E-state index in [4.69, 9.17) is 5.26 Å². The van der Waals surface area contributed by atoms with Crippen molar-refractivity contribution in [2.75, 3.05) is 11.9 Å². The summed E-state index contributed by atoms with van der Waals surface area (Å²) in [5, 5.41) is 8.76. The first-order valence-electron chi connectivity index (χ1n) is 4.86. The lowest BCUT2D eigenvalue weighted by Gasteiger charge is -2.16. The standard InChI is InChI=1S/C11H9N5O/c1-16(9-3-2-4-13-7-9)10-5-8(6-12)14-11(17)15-10/h2-5,7H,1H3,(H,14,15,17). The number of anilines is 2. The summed E-state index contributed by atoms with van der Waals surface area (Å²) in [5.74, 6) is 0.401. The van der Waals surface area contributed by atoms with Gasteiger partial charge in [0.05, 0.1) is 11.9 Å². The maximum atomic E-state index is 11.2. The van der Waals surface area contributed by atoms with Crippen molar-refractivity contribution in [3.05, 3.63) is 46.8 Å². The van der Waals surface area contributed by atoms with Gasteiger partial charge in [0.2, 0.25) is 0 Å². The zero-order valence-corrected chi connectivity index (χ0v) is 9.08. The Morgan fingerprint density at radius 1 is 1.53 bits per heavy atom. The van der Waals surface area contributed by atoms with Crippen LogP contribution in [0.1, 0.15) is 5.69 Å². The van der Waals surface area contributed by atoms with Gasteiger partial charge in [0.25, 0.3) is 0 Å². The van der Waals surface area contributed by atoms with Crippen LogP contribution in [0.15, 0.2) is 35.4 Å². The van der Waals surface area contributed by atoms with Gasteiger partial charge in [-0.25, -0.2) is 4.79 Å². The second-order valence-corrected chi connectivity index (χ2v) is 3.34. The molecule has 2 aromatic heterocycles. The molecule has 0 saturated carbocycles. The number of aromatic amines is 1. The average Bonchev–Trinajstić information content (AvgIpc) is 2.38. The lowest BCUT2D eigenvalue weighted by Crippen LogP contribution is -2.19. The predicted molar refractivity (Wildman–Crippen MR) is 61.9 cm³/mol. The molecule has 0 aromatic carbocycles. The van der Waals surface area contributed by atoms with Gasteiger partial charge in [-0.2, -0.15) is 10.2 Å². The van der Waals surface area contributed by atoms with Crippen LogP contribution in [0.2, 0.25) is 0 Å². The van der Waals surface area contributed by atoms with Gasteiger partial charge in [0.1, 0.15) is 17.6 Å². The number of rotatable bonds is 2. The Kier molecular flexibility index (Phi) is 2.83. The Bertz CT molecular complexity index is 614. The number of nitrogens with zero attached hydrogens (tertiary/aromatic N) is 4. The van der Waals surface area contributed by atoms with E-state index in [2.05, 4.69) is 15.0 Å². The fourth-order valence-electron chi connectivity index (χ4n) is 1.36. The van der Waals surface area contributed by atoms with Crippen molar-refractivity contribution < 1.29 is 0 Å². The molecular weight excluding hydrogens is 218 g/mol. The van der Waals surface area contributed by atoms with Crippen LogP contribution in [0, 0.1) is 11.3 Å². The predicted octanol–water partition coefficient (Wildman–Crippen LogP) is 0.804. The van der Waals surface area contributed by atoms with Gasteiger partial charge in [-0.05, 0) is 12.1 Å². The number of H-pyrrole nitrogens is 1. The molecule has 6 heteroatoms. The largest absolute Gasteiger partial charge is 0.347 e. The molecule has 0 bridgehead atoms. The fourth-order valence-corrected chi connectivity index (χ4v) is 1.36. The second kappa shape index (κ2) is 4.45. The monoisotopic (exact) mass is 227 g/mol. The van der Waals surface area contributed by atoms with Crippen LogP contribution in [-0.2, 0) is 0 Å². The van der Waals surface area contributed by atoms with Crippen molar-refractivity contribution in [1.82, 2.24) is 15.0 Å². The summed E-state index contributed by atoms with van der Waals surface area (Å²) in [4.78, 5) is 23.0. The quantitative estimate of drug-likeness (QED) is 0.820. The zero-order chi connectivity index (χ0) is 12.3. The van der Waals surface area contributed by atoms with E-state index in [9.17, 15) is 4.79 Å². The molecule has 6 nitrogen and oxygen atoms in total. The number of hydrogen-bond donors (Lipinski definition) is 1. The van der Waals surface area contributed by atoms with E-state index in [1.54, 1.807) is 30.4 Å². The van der Waals surface area contributed by atoms with Gasteiger partial charge in [-0.15, -0.1) is 0 Å². The van der Waals surface area contributed by atoms with E-state index >= 15 is 0 Å². The van der Waals surface area contributed by atoms with Gasteiger partial charge in [-0.1, -0.05) is 0 Å². The van der Waals surface area contributed by atoms with E-state index in [1.807, 2.05) is 12.1 Å². The highest BCUT2D eigenvalue weighted by Crippen LogP contribution is 2.18. The molecule has 0 saturated heterocycles. The summed E-state index contributed by atoms with van der Waals surface area (Å²) in [7, 11) is 1.75. The molecule has 0 radical (unpaired) electrons. The highest BCUT2D eigenvalue weighted by Gasteiger charge is 2.07. The minimum absolute atomic E-state index is 0.177. The van der Waals surface area contributed by atoms with Gasteiger partial charge in [-0.3, -0.25) is 9.97 Å². The summed E-state index contributed by atoms with van der Waals surface area (Å²) in [6.45, 7) is 0. The zero-order valence-electron chi connectivity index (χ0n) is 9.08. The third-order valence-corrected chi connectivity index (χ3v) is 2.23. The Hall–Kier alpha value is -2.68. The van der Waals surface area contributed by atoms with E-state index in [0.29, 0.717) is 5.82 Å². The molecule has 0 aliphatic heterocycles. The van der Waals surface area contributed by atoms with E-state index in [0.717, 1.165) is 5.69 Å². The van der Waals surface area contributed by atoms with Crippen LogP contribution in [0.5, 0.6) is 0 Å². The molecule has 0 spiro atoms. The first-order valence-corrected chi connectivity index (χ1v) is 4.86. The maximum absolute atomic E-state index is 11.2. The van der Waals surface area contributed by atoms with Crippen LogP contribution in [0.3, 0.4) is 0 Å². The van der Waals surface area contributed by atoms with Crippen LogP contribution in [0.25, 0.3) is 0 Å². The highest BCUT2D eigenvalue weighted by molar-refractivity contribution is 5.58. The van der Waals surface area contributed by atoms with Crippen LogP contribution < -0.4 is 10.6 Å². The molecule has 0 fully saturated rings. The minimum atomic E-state index is -0.546. The molecule has 0 aliphatic carbocycles. The lowest BCUT2D eigenvalue weighted by atomic mass is 10.3. The van der Waals surface area contributed by atoms with Gasteiger partial charge < -0.3 is 4.90 Å². The van der Waals surface area contributed by atoms with Gasteiger partial charge in [0, 0.05) is 19.3 Å². The van der Waals surface area contributed by atoms with Gasteiger partial charge in [0.15, 0.2) is 0 Å². The van der Waals surface area contributed by atoms with Crippen LogP contribution >= 0.6 is 0 Å². The van der Waals surface area contributed by atoms with Crippen molar-refractivity contribution in [2.45, 2.75) is 0 Å². The average molecular weight is 227 g/mol. The third-order valence-electron chi connectivity index (χ3n) is 2.23. The SMILES string of the molecule is CN(c1cccnc1)c1cc(C#N)[nH]c(=O)n1. The van der Waals surface area contributed by atoms with Crippen molar-refractivity contribution in [3.8, 4) is 6.07 Å². The van der Waals surface area contributed by atoms with Crippen molar-refractivity contribution in [1.29, 1.82) is 5.26 Å². The second-order valence-electron chi connectivity index (χ2n) is 3.34. The maximum Gasteiger partial charge on any atom is 0.347 e. The van der Waals surface area contributed by atoms with E-state index < -0.39 is 5.69 Å². The van der Waals surface area contributed by atoms with E-state index in [-0.39, 0.29) is 5.69 Å². The molecule has 17 heavy (non-hydrogen) atoms. The molecule has 84 valence electrons. The molecule has 2 rings (SSSR count). The Morgan fingerprint density at radius 2 is 2.35 bits per heavy atom. The number of pyridine rings is 1. The molecule has 2 aromatic rings. The molecule has 2 heterocycles. The molecule has 0 unspecified atom stereocenters. The summed E-state index contributed by atoms with van der Waals surface area (Å²) in [6, 6.07) is 7.00. The lowest BCUT2D eigenvalue weighted by molar-refractivity contribution is 1.01. The van der Waals surface area contributed by atoms with Crippen molar-refractivity contribution >= 4 is 11.5 Å². The Balaban J connectivity index is 2.45. The molecule has 0 atom stereocenters. The van der Waals surface area contributed by atoms with Crippen molar-refractivity contribution in [3.63, 3.8) is 0 Å². The first-order chi connectivity index (χ1) is 8.20. The third kappa shape index (κ3) is 2.29. The smallest absolute Gasteiger partial charge is 0.328 e. The van der Waals surface area contributed by atoms with Gasteiger partial charge >= 0.3 is 5.69 Å². The normalized spacial score (nSPS) is 9.65. The van der Waals surface area contributed by atoms with Crippen molar-refractivity contribution in [2.24, 2.45) is 0 Å². The summed E-state index contributed by atoms with van der Waals surface area (Å²) in [5.41, 5.74) is 0.417. The topological polar surface area (TPSA) is 85.7 Å². The molecular formula is C11H9N5O.